The Labute approximate surface area is 141 Å². The quantitative estimate of drug-likeness (QED) is 0.421. The fourth-order valence-corrected chi connectivity index (χ4v) is 3.88. The monoisotopic (exact) mass is 419 g/mol. The van der Waals surface area contributed by atoms with E-state index in [1.165, 1.54) is 11.8 Å². The molecule has 20 heavy (non-hydrogen) atoms. The molecule has 0 spiro atoms. The molecule has 1 saturated heterocycles. The van der Waals surface area contributed by atoms with Gasteiger partial charge in [0.05, 0.1) is 15.1 Å². The fourth-order valence-electron chi connectivity index (χ4n) is 1.80. The van der Waals surface area contributed by atoms with Gasteiger partial charge in [0, 0.05) is 6.54 Å². The Balaban J connectivity index is 2.26. The van der Waals surface area contributed by atoms with Crippen LogP contribution in [0.3, 0.4) is 0 Å². The zero-order valence-corrected chi connectivity index (χ0v) is 15.0. The molecule has 0 saturated carbocycles. The first-order valence-electron chi connectivity index (χ1n) is 6.24. The first-order valence-corrected chi connectivity index (χ1v) is 8.54. The topological polar surface area (TPSA) is 29.5 Å². The molecular formula is C14H14INO2S2. The van der Waals surface area contributed by atoms with E-state index in [0.29, 0.717) is 22.4 Å². The van der Waals surface area contributed by atoms with Gasteiger partial charge in [-0.1, -0.05) is 30.0 Å². The molecule has 0 unspecified atom stereocenters. The molecule has 0 N–H and O–H groups in total. The molecule has 0 bridgehead atoms. The van der Waals surface area contributed by atoms with Gasteiger partial charge < -0.3 is 4.74 Å². The molecule has 106 valence electrons. The molecule has 0 atom stereocenters. The van der Waals surface area contributed by atoms with Crippen molar-refractivity contribution in [2.45, 2.75) is 13.8 Å². The minimum absolute atomic E-state index is 0.00797. The Hall–Kier alpha value is -0.600. The van der Waals surface area contributed by atoms with Gasteiger partial charge >= 0.3 is 0 Å². The van der Waals surface area contributed by atoms with Crippen LogP contribution in [-0.4, -0.2) is 28.3 Å². The van der Waals surface area contributed by atoms with Gasteiger partial charge in [-0.3, -0.25) is 9.69 Å². The molecule has 6 heteroatoms. The van der Waals surface area contributed by atoms with E-state index in [2.05, 4.69) is 22.6 Å². The Morgan fingerprint density at radius 2 is 2.20 bits per heavy atom. The van der Waals surface area contributed by atoms with E-state index in [-0.39, 0.29) is 5.91 Å². The van der Waals surface area contributed by atoms with Crippen LogP contribution in [0.5, 0.6) is 5.75 Å². The number of hydrogen-bond donors (Lipinski definition) is 0. The summed E-state index contributed by atoms with van der Waals surface area (Å²) in [5, 5.41) is 0. The number of benzene rings is 1. The van der Waals surface area contributed by atoms with Crippen molar-refractivity contribution in [2.24, 2.45) is 0 Å². The lowest BCUT2D eigenvalue weighted by atomic mass is 10.2. The van der Waals surface area contributed by atoms with Crippen LogP contribution >= 0.6 is 46.6 Å². The second-order valence-corrected chi connectivity index (χ2v) is 6.89. The summed E-state index contributed by atoms with van der Waals surface area (Å²) in [7, 11) is 0. The summed E-state index contributed by atoms with van der Waals surface area (Å²) >= 11 is 8.79. The number of nitrogens with zero attached hydrogens (tertiary/aromatic N) is 1. The van der Waals surface area contributed by atoms with Crippen molar-refractivity contribution in [1.29, 1.82) is 0 Å². The van der Waals surface area contributed by atoms with Crippen LogP contribution in [0.4, 0.5) is 0 Å². The molecule has 1 aliphatic rings. The number of thioether (sulfide) groups is 1. The summed E-state index contributed by atoms with van der Waals surface area (Å²) in [5.41, 5.74) is 0.981. The molecule has 1 aromatic rings. The third-order valence-electron chi connectivity index (χ3n) is 2.74. The minimum atomic E-state index is -0.00797. The fraction of sp³-hybridized carbons (Fsp3) is 0.286. The van der Waals surface area contributed by atoms with Crippen molar-refractivity contribution in [3.05, 3.63) is 32.2 Å². The molecular weight excluding hydrogens is 405 g/mol. The van der Waals surface area contributed by atoms with E-state index in [9.17, 15) is 4.79 Å². The number of halogens is 1. The number of ether oxygens (including phenoxy) is 1. The molecule has 0 aliphatic carbocycles. The Kier molecular flexibility index (Phi) is 5.45. The summed E-state index contributed by atoms with van der Waals surface area (Å²) in [5.74, 6) is 0.859. The van der Waals surface area contributed by atoms with Crippen molar-refractivity contribution in [1.82, 2.24) is 4.90 Å². The first kappa shape index (κ1) is 15.8. The van der Waals surface area contributed by atoms with Crippen molar-refractivity contribution >= 4 is 62.9 Å². The molecule has 3 nitrogen and oxygen atoms in total. The first-order chi connectivity index (χ1) is 9.56. The number of carbonyl (C=O) groups excluding carboxylic acids is 1. The highest BCUT2D eigenvalue weighted by molar-refractivity contribution is 14.1. The molecule has 1 amide bonds. The molecule has 2 rings (SSSR count). The maximum absolute atomic E-state index is 12.1. The lowest BCUT2D eigenvalue weighted by Crippen LogP contribution is -2.27. The lowest BCUT2D eigenvalue weighted by molar-refractivity contribution is -0.121. The van der Waals surface area contributed by atoms with Crippen LogP contribution in [0.25, 0.3) is 6.08 Å². The third kappa shape index (κ3) is 3.35. The number of carbonyl (C=O) groups is 1. The zero-order valence-electron chi connectivity index (χ0n) is 11.2. The lowest BCUT2D eigenvalue weighted by Gasteiger charge is -2.09. The van der Waals surface area contributed by atoms with Crippen LogP contribution in [-0.2, 0) is 4.79 Å². The van der Waals surface area contributed by atoms with Crippen LogP contribution < -0.4 is 4.74 Å². The van der Waals surface area contributed by atoms with E-state index < -0.39 is 0 Å². The Morgan fingerprint density at radius 3 is 2.75 bits per heavy atom. The van der Waals surface area contributed by atoms with Gasteiger partial charge in [0.2, 0.25) is 0 Å². The smallest absolute Gasteiger partial charge is 0.266 e. The predicted molar refractivity (Wildman–Crippen MR) is 95.9 cm³/mol. The van der Waals surface area contributed by atoms with Crippen molar-refractivity contribution in [2.75, 3.05) is 13.2 Å². The van der Waals surface area contributed by atoms with Gasteiger partial charge in [-0.05, 0) is 60.2 Å². The third-order valence-corrected chi connectivity index (χ3v) is 4.96. The van der Waals surface area contributed by atoms with E-state index >= 15 is 0 Å². The van der Waals surface area contributed by atoms with Gasteiger partial charge in [-0.15, -0.1) is 0 Å². The molecule has 1 aromatic carbocycles. The second kappa shape index (κ2) is 6.91. The van der Waals surface area contributed by atoms with E-state index in [1.54, 1.807) is 4.90 Å². The highest BCUT2D eigenvalue weighted by atomic mass is 127. The van der Waals surface area contributed by atoms with E-state index in [4.69, 9.17) is 17.0 Å². The van der Waals surface area contributed by atoms with Gasteiger partial charge in [0.15, 0.2) is 0 Å². The predicted octanol–water partition coefficient (Wildman–Crippen LogP) is 3.91. The maximum Gasteiger partial charge on any atom is 0.266 e. The Bertz CT molecular complexity index is 587. The summed E-state index contributed by atoms with van der Waals surface area (Å²) < 4.78 is 7.17. The molecule has 1 heterocycles. The van der Waals surface area contributed by atoms with E-state index in [1.807, 2.05) is 38.1 Å². The average Bonchev–Trinajstić information content (AvgIpc) is 2.67. The molecule has 0 radical (unpaired) electrons. The molecule has 1 aliphatic heterocycles. The number of amides is 1. The number of thiocarbonyl (C=S) groups is 1. The normalized spacial score (nSPS) is 17.1. The van der Waals surface area contributed by atoms with E-state index in [0.717, 1.165) is 14.9 Å². The highest BCUT2D eigenvalue weighted by Gasteiger charge is 2.30. The Morgan fingerprint density at radius 1 is 1.45 bits per heavy atom. The van der Waals surface area contributed by atoms with Crippen LogP contribution in [0.15, 0.2) is 23.1 Å². The number of hydrogen-bond acceptors (Lipinski definition) is 4. The minimum Gasteiger partial charge on any atom is -0.493 e. The summed E-state index contributed by atoms with van der Waals surface area (Å²) in [6, 6.07) is 5.88. The average molecular weight is 419 g/mol. The zero-order chi connectivity index (χ0) is 14.7. The largest absolute Gasteiger partial charge is 0.493 e. The molecule has 0 aromatic heterocycles. The van der Waals surface area contributed by atoms with Gasteiger partial charge in [-0.2, -0.15) is 0 Å². The molecule has 1 fully saturated rings. The summed E-state index contributed by atoms with van der Waals surface area (Å²) in [6.07, 6.45) is 1.88. The van der Waals surface area contributed by atoms with Crippen LogP contribution in [0.2, 0.25) is 0 Å². The SMILES string of the molecule is CCOc1ccc(/C=C2\SC(=S)N(CC)C2=O)cc1I. The highest BCUT2D eigenvalue weighted by Crippen LogP contribution is 2.33. The van der Waals surface area contributed by atoms with Crippen LogP contribution in [0.1, 0.15) is 19.4 Å². The van der Waals surface area contributed by atoms with Crippen molar-refractivity contribution in [3.63, 3.8) is 0 Å². The van der Waals surface area contributed by atoms with Crippen molar-refractivity contribution in [3.8, 4) is 5.75 Å². The number of rotatable bonds is 4. The standard InChI is InChI=1S/C14H14INO2S2/c1-3-16-13(17)12(20-14(16)19)8-9-5-6-11(18-4-2)10(15)7-9/h5-8H,3-4H2,1-2H3/b12-8-. The van der Waals surface area contributed by atoms with Crippen molar-refractivity contribution < 1.29 is 9.53 Å². The van der Waals surface area contributed by atoms with Gasteiger partial charge in [0.25, 0.3) is 5.91 Å². The second-order valence-electron chi connectivity index (χ2n) is 4.05. The van der Waals surface area contributed by atoms with Gasteiger partial charge in [0.1, 0.15) is 10.1 Å². The van der Waals surface area contributed by atoms with Gasteiger partial charge in [-0.25, -0.2) is 0 Å². The maximum atomic E-state index is 12.1. The van der Waals surface area contributed by atoms with Crippen LogP contribution in [0, 0.1) is 3.57 Å². The number of likely N-dealkylation sites (N-methyl/N-ethyl adjacent to an activating group) is 1. The summed E-state index contributed by atoms with van der Waals surface area (Å²) in [6.45, 7) is 5.14. The summed E-state index contributed by atoms with van der Waals surface area (Å²) in [4.78, 5) is 14.4.